The van der Waals surface area contributed by atoms with Crippen LogP contribution in [-0.4, -0.2) is 0 Å². The van der Waals surface area contributed by atoms with Gasteiger partial charge in [-0.05, 0) is 54.4 Å². The van der Waals surface area contributed by atoms with Crippen LogP contribution in [0.25, 0.3) is 0 Å². The van der Waals surface area contributed by atoms with Crippen molar-refractivity contribution in [1.29, 1.82) is 0 Å². The summed E-state index contributed by atoms with van der Waals surface area (Å²) in [5.41, 5.74) is 2.73. The van der Waals surface area contributed by atoms with E-state index in [0.717, 1.165) is 0 Å². The van der Waals surface area contributed by atoms with Gasteiger partial charge in [0.25, 0.3) is 0 Å². The minimum absolute atomic E-state index is 0.142. The van der Waals surface area contributed by atoms with E-state index >= 15 is 0 Å². The van der Waals surface area contributed by atoms with Crippen molar-refractivity contribution in [3.8, 4) is 0 Å². The first-order valence-electron chi connectivity index (χ1n) is 6.63. The summed E-state index contributed by atoms with van der Waals surface area (Å²) in [5, 5.41) is 0. The second-order valence-electron chi connectivity index (χ2n) is 5.17. The third kappa shape index (κ3) is 2.31. The SMILES string of the molecule is Fc1ccc([C@H]2CC[C@@H](c3ccccc3)C2)cc1. The van der Waals surface area contributed by atoms with Gasteiger partial charge in [0.15, 0.2) is 0 Å². The van der Waals surface area contributed by atoms with Gasteiger partial charge < -0.3 is 0 Å². The molecule has 1 heteroatoms. The first-order chi connectivity index (χ1) is 8.83. The summed E-state index contributed by atoms with van der Waals surface area (Å²) in [4.78, 5) is 0. The van der Waals surface area contributed by atoms with E-state index in [9.17, 15) is 4.39 Å². The molecule has 0 aliphatic heterocycles. The average Bonchev–Trinajstić information content (AvgIpc) is 2.90. The van der Waals surface area contributed by atoms with Crippen LogP contribution in [0.3, 0.4) is 0 Å². The van der Waals surface area contributed by atoms with Gasteiger partial charge in [-0.2, -0.15) is 0 Å². The van der Waals surface area contributed by atoms with Gasteiger partial charge >= 0.3 is 0 Å². The van der Waals surface area contributed by atoms with E-state index in [-0.39, 0.29) is 5.82 Å². The number of benzene rings is 2. The summed E-state index contributed by atoms with van der Waals surface area (Å²) < 4.78 is 12.9. The minimum Gasteiger partial charge on any atom is -0.207 e. The predicted molar refractivity (Wildman–Crippen MR) is 72.2 cm³/mol. The van der Waals surface area contributed by atoms with Crippen LogP contribution in [0.1, 0.15) is 42.2 Å². The van der Waals surface area contributed by atoms with E-state index in [4.69, 9.17) is 0 Å². The first-order valence-corrected chi connectivity index (χ1v) is 6.63. The van der Waals surface area contributed by atoms with Gasteiger partial charge in [0, 0.05) is 0 Å². The van der Waals surface area contributed by atoms with E-state index in [1.165, 1.54) is 30.4 Å². The standard InChI is InChI=1S/C17H17F/c18-17-10-8-14(9-11-17)16-7-6-15(12-16)13-4-2-1-3-5-13/h1-5,8-11,15-16H,6-7,12H2/t15-,16+/m1/s1. The molecule has 92 valence electrons. The molecule has 1 fully saturated rings. The number of halogens is 1. The molecule has 1 aliphatic carbocycles. The molecule has 0 nitrogen and oxygen atoms in total. The molecular formula is C17H17F. The Morgan fingerprint density at radius 2 is 1.28 bits per heavy atom. The molecule has 0 spiro atoms. The van der Waals surface area contributed by atoms with Gasteiger partial charge in [0.2, 0.25) is 0 Å². The quantitative estimate of drug-likeness (QED) is 0.702. The van der Waals surface area contributed by atoms with Crippen molar-refractivity contribution in [3.63, 3.8) is 0 Å². The van der Waals surface area contributed by atoms with Crippen molar-refractivity contribution in [2.24, 2.45) is 0 Å². The lowest BCUT2D eigenvalue weighted by molar-refractivity contribution is 0.623. The molecule has 0 unspecified atom stereocenters. The predicted octanol–water partition coefficient (Wildman–Crippen LogP) is 4.88. The molecule has 0 aromatic heterocycles. The van der Waals surface area contributed by atoms with Gasteiger partial charge in [-0.25, -0.2) is 4.39 Å². The highest BCUT2D eigenvalue weighted by Gasteiger charge is 2.26. The van der Waals surface area contributed by atoms with Crippen molar-refractivity contribution in [2.45, 2.75) is 31.1 Å². The Balaban J connectivity index is 1.74. The minimum atomic E-state index is -0.142. The van der Waals surface area contributed by atoms with E-state index in [2.05, 4.69) is 30.3 Å². The Labute approximate surface area is 107 Å². The summed E-state index contributed by atoms with van der Waals surface area (Å²) in [5.74, 6) is 1.12. The van der Waals surface area contributed by atoms with Crippen LogP contribution >= 0.6 is 0 Å². The lowest BCUT2D eigenvalue weighted by Crippen LogP contribution is -1.95. The summed E-state index contributed by atoms with van der Waals surface area (Å²) in [6.07, 6.45) is 3.65. The smallest absolute Gasteiger partial charge is 0.123 e. The summed E-state index contributed by atoms with van der Waals surface area (Å²) in [6, 6.07) is 17.8. The van der Waals surface area contributed by atoms with Crippen molar-refractivity contribution < 1.29 is 4.39 Å². The molecule has 0 radical (unpaired) electrons. The molecule has 1 saturated carbocycles. The number of hydrogen-bond donors (Lipinski definition) is 0. The topological polar surface area (TPSA) is 0 Å². The molecule has 2 aromatic carbocycles. The largest absolute Gasteiger partial charge is 0.207 e. The zero-order valence-electron chi connectivity index (χ0n) is 10.4. The Bertz CT molecular complexity index is 501. The van der Waals surface area contributed by atoms with Crippen molar-refractivity contribution in [3.05, 3.63) is 71.5 Å². The lowest BCUT2D eigenvalue weighted by atomic mass is 9.93. The maximum atomic E-state index is 12.9. The summed E-state index contributed by atoms with van der Waals surface area (Å²) >= 11 is 0. The molecule has 1 aliphatic rings. The summed E-state index contributed by atoms with van der Waals surface area (Å²) in [7, 11) is 0. The first kappa shape index (κ1) is 11.5. The van der Waals surface area contributed by atoms with Crippen molar-refractivity contribution in [2.75, 3.05) is 0 Å². The van der Waals surface area contributed by atoms with Crippen LogP contribution in [0.5, 0.6) is 0 Å². The van der Waals surface area contributed by atoms with Crippen LogP contribution in [-0.2, 0) is 0 Å². The van der Waals surface area contributed by atoms with Crippen LogP contribution in [0.4, 0.5) is 4.39 Å². The monoisotopic (exact) mass is 240 g/mol. The van der Waals surface area contributed by atoms with Gasteiger partial charge in [0.1, 0.15) is 5.82 Å². The number of rotatable bonds is 2. The molecule has 0 N–H and O–H groups in total. The molecular weight excluding hydrogens is 223 g/mol. The number of hydrogen-bond acceptors (Lipinski definition) is 0. The van der Waals surface area contributed by atoms with E-state index < -0.39 is 0 Å². The highest BCUT2D eigenvalue weighted by Crippen LogP contribution is 2.43. The second-order valence-corrected chi connectivity index (χ2v) is 5.17. The zero-order valence-corrected chi connectivity index (χ0v) is 10.4. The highest BCUT2D eigenvalue weighted by atomic mass is 19.1. The third-order valence-electron chi connectivity index (χ3n) is 4.05. The van der Waals surface area contributed by atoms with Crippen LogP contribution in [0, 0.1) is 5.82 Å². The highest BCUT2D eigenvalue weighted by molar-refractivity contribution is 5.26. The maximum Gasteiger partial charge on any atom is 0.123 e. The molecule has 2 aromatic rings. The molecule has 0 amide bonds. The van der Waals surface area contributed by atoms with Crippen LogP contribution < -0.4 is 0 Å². The average molecular weight is 240 g/mol. The second kappa shape index (κ2) is 4.93. The molecule has 3 rings (SSSR count). The fourth-order valence-electron chi connectivity index (χ4n) is 3.05. The van der Waals surface area contributed by atoms with E-state index in [1.54, 1.807) is 12.1 Å². The lowest BCUT2D eigenvalue weighted by Gasteiger charge is -2.12. The molecule has 2 atom stereocenters. The fraction of sp³-hybridized carbons (Fsp3) is 0.294. The third-order valence-corrected chi connectivity index (χ3v) is 4.05. The van der Waals surface area contributed by atoms with E-state index in [0.29, 0.717) is 11.8 Å². The van der Waals surface area contributed by atoms with Gasteiger partial charge in [-0.3, -0.25) is 0 Å². The van der Waals surface area contributed by atoms with Crippen LogP contribution in [0.15, 0.2) is 54.6 Å². The maximum absolute atomic E-state index is 12.9. The molecule has 0 heterocycles. The normalized spacial score (nSPS) is 23.2. The van der Waals surface area contributed by atoms with Crippen LogP contribution in [0.2, 0.25) is 0 Å². The van der Waals surface area contributed by atoms with Crippen molar-refractivity contribution in [1.82, 2.24) is 0 Å². The van der Waals surface area contributed by atoms with E-state index in [1.807, 2.05) is 12.1 Å². The van der Waals surface area contributed by atoms with Crippen molar-refractivity contribution >= 4 is 0 Å². The molecule has 18 heavy (non-hydrogen) atoms. The Morgan fingerprint density at radius 3 is 1.89 bits per heavy atom. The fourth-order valence-corrected chi connectivity index (χ4v) is 3.05. The zero-order chi connectivity index (χ0) is 12.4. The molecule has 0 saturated heterocycles. The van der Waals surface area contributed by atoms with Gasteiger partial charge in [0.05, 0.1) is 0 Å². The Morgan fingerprint density at radius 1 is 0.722 bits per heavy atom. The molecule has 0 bridgehead atoms. The van der Waals surface area contributed by atoms with Gasteiger partial charge in [-0.1, -0.05) is 42.5 Å². The Hall–Kier alpha value is -1.63. The van der Waals surface area contributed by atoms with Gasteiger partial charge in [-0.15, -0.1) is 0 Å². The summed E-state index contributed by atoms with van der Waals surface area (Å²) in [6.45, 7) is 0. The Kier molecular flexibility index (Phi) is 3.14.